The summed E-state index contributed by atoms with van der Waals surface area (Å²) in [5.74, 6) is 0.253. The molecule has 3 nitrogen and oxygen atoms in total. The maximum atomic E-state index is 11.7. The van der Waals surface area contributed by atoms with Crippen LogP contribution in [0.15, 0.2) is 0 Å². The molecule has 0 fully saturated rings. The fourth-order valence-electron chi connectivity index (χ4n) is 1.01. The molecule has 78 valence electrons. The predicted octanol–water partition coefficient (Wildman–Crippen LogP) is 1.23. The number of carbonyl (C=O) groups excluding carboxylic acids is 1. The highest BCUT2D eigenvalue weighted by atomic mass is 16.2. The average Bonchev–Trinajstić information content (AvgIpc) is 2.12. The molecule has 13 heavy (non-hydrogen) atoms. The van der Waals surface area contributed by atoms with Crippen LogP contribution in [0, 0.1) is 5.92 Å². The lowest BCUT2D eigenvalue weighted by atomic mass is 10.0. The third kappa shape index (κ3) is 3.35. The minimum atomic E-state index is -0.362. The average molecular weight is 186 g/mol. The Kier molecular flexibility index (Phi) is 4.99. The number of nitrogens with two attached hydrogens (primary N) is 1. The van der Waals surface area contributed by atoms with Gasteiger partial charge < -0.3 is 10.6 Å². The third-order valence-electron chi connectivity index (χ3n) is 2.60. The van der Waals surface area contributed by atoms with Crippen LogP contribution in [0.1, 0.15) is 34.1 Å². The van der Waals surface area contributed by atoms with Crippen LogP contribution >= 0.6 is 0 Å². The van der Waals surface area contributed by atoms with Crippen LogP contribution in [0.2, 0.25) is 0 Å². The van der Waals surface area contributed by atoms with Gasteiger partial charge in [0.25, 0.3) is 0 Å². The quantitative estimate of drug-likeness (QED) is 0.717. The number of rotatable bonds is 4. The van der Waals surface area contributed by atoms with Crippen molar-refractivity contribution < 1.29 is 4.79 Å². The van der Waals surface area contributed by atoms with Crippen molar-refractivity contribution in [3.05, 3.63) is 0 Å². The molecule has 0 aliphatic rings. The molecule has 0 aliphatic carbocycles. The van der Waals surface area contributed by atoms with E-state index in [0.29, 0.717) is 0 Å². The topological polar surface area (TPSA) is 46.3 Å². The number of hydrogen-bond acceptors (Lipinski definition) is 2. The Balaban J connectivity index is 4.25. The van der Waals surface area contributed by atoms with Crippen molar-refractivity contribution in [2.45, 2.75) is 46.2 Å². The molecule has 0 spiro atoms. The predicted molar refractivity (Wildman–Crippen MR) is 55.3 cm³/mol. The smallest absolute Gasteiger partial charge is 0.239 e. The van der Waals surface area contributed by atoms with Crippen LogP contribution in [0.5, 0.6) is 0 Å². The fraction of sp³-hybridized carbons (Fsp3) is 0.900. The summed E-state index contributed by atoms with van der Waals surface area (Å²) in [5, 5.41) is 0. The summed E-state index contributed by atoms with van der Waals surface area (Å²) in [5.41, 5.74) is 5.76. The van der Waals surface area contributed by atoms with Gasteiger partial charge in [0.15, 0.2) is 0 Å². The molecule has 0 saturated carbocycles. The molecule has 2 N–H and O–H groups in total. The number of amides is 1. The van der Waals surface area contributed by atoms with E-state index in [9.17, 15) is 4.79 Å². The molecule has 2 atom stereocenters. The molecule has 0 aromatic heterocycles. The molecule has 0 heterocycles. The van der Waals surface area contributed by atoms with Crippen molar-refractivity contribution in [3.63, 3.8) is 0 Å². The van der Waals surface area contributed by atoms with Gasteiger partial charge >= 0.3 is 0 Å². The van der Waals surface area contributed by atoms with E-state index in [1.807, 2.05) is 27.8 Å². The standard InChI is InChI=1S/C10H22N2O/c1-6-8(4)12(5)10(13)9(11)7(2)3/h7-9H,6,11H2,1-5H3/t8?,9-/m0/s1. The zero-order chi connectivity index (χ0) is 10.6. The van der Waals surface area contributed by atoms with Crippen LogP contribution in [0.25, 0.3) is 0 Å². The Bertz CT molecular complexity index is 168. The summed E-state index contributed by atoms with van der Waals surface area (Å²) in [4.78, 5) is 13.4. The summed E-state index contributed by atoms with van der Waals surface area (Å²) >= 11 is 0. The first-order chi connectivity index (χ1) is 5.91. The molecule has 3 heteroatoms. The molecule has 0 aromatic rings. The first kappa shape index (κ1) is 12.4. The minimum Gasteiger partial charge on any atom is -0.342 e. The normalized spacial score (nSPS) is 15.6. The zero-order valence-corrected chi connectivity index (χ0v) is 9.37. The molecule has 0 radical (unpaired) electrons. The number of nitrogens with zero attached hydrogens (tertiary/aromatic N) is 1. The highest BCUT2D eigenvalue weighted by Gasteiger charge is 2.23. The van der Waals surface area contributed by atoms with Gasteiger partial charge in [-0.3, -0.25) is 4.79 Å². The molecule has 0 aliphatic heterocycles. The Morgan fingerprint density at radius 3 is 2.15 bits per heavy atom. The molecule has 0 rings (SSSR count). The Labute approximate surface area is 81.3 Å². The molecule has 0 bridgehead atoms. The van der Waals surface area contributed by atoms with Crippen LogP contribution in [-0.2, 0) is 4.79 Å². The van der Waals surface area contributed by atoms with Gasteiger partial charge in [-0.1, -0.05) is 20.8 Å². The Morgan fingerprint density at radius 1 is 1.38 bits per heavy atom. The SMILES string of the molecule is CCC(C)N(C)C(=O)[C@@H](N)C(C)C. The summed E-state index contributed by atoms with van der Waals surface area (Å²) in [7, 11) is 1.82. The van der Waals surface area contributed by atoms with E-state index >= 15 is 0 Å². The van der Waals surface area contributed by atoms with Crippen molar-refractivity contribution >= 4 is 5.91 Å². The lowest BCUT2D eigenvalue weighted by Gasteiger charge is -2.28. The lowest BCUT2D eigenvalue weighted by molar-refractivity contribution is -0.134. The van der Waals surface area contributed by atoms with Crippen molar-refractivity contribution in [2.24, 2.45) is 11.7 Å². The van der Waals surface area contributed by atoms with Gasteiger partial charge in [0.2, 0.25) is 5.91 Å². The Hall–Kier alpha value is -0.570. The highest BCUT2D eigenvalue weighted by molar-refractivity contribution is 5.81. The summed E-state index contributed by atoms with van der Waals surface area (Å²) in [6.07, 6.45) is 0.965. The second kappa shape index (κ2) is 5.22. The van der Waals surface area contributed by atoms with Crippen molar-refractivity contribution in [3.8, 4) is 0 Å². The second-order valence-corrected chi connectivity index (χ2v) is 3.98. The van der Waals surface area contributed by atoms with E-state index in [-0.39, 0.29) is 23.9 Å². The molecule has 1 unspecified atom stereocenters. The molecular weight excluding hydrogens is 164 g/mol. The van der Waals surface area contributed by atoms with E-state index in [4.69, 9.17) is 5.73 Å². The number of carbonyl (C=O) groups is 1. The maximum absolute atomic E-state index is 11.7. The van der Waals surface area contributed by atoms with E-state index in [2.05, 4.69) is 6.92 Å². The van der Waals surface area contributed by atoms with Gasteiger partial charge in [0.05, 0.1) is 6.04 Å². The van der Waals surface area contributed by atoms with Gasteiger partial charge in [-0.2, -0.15) is 0 Å². The van der Waals surface area contributed by atoms with Crippen LogP contribution in [0.4, 0.5) is 0 Å². The monoisotopic (exact) mass is 186 g/mol. The van der Waals surface area contributed by atoms with Crippen LogP contribution in [-0.4, -0.2) is 29.9 Å². The number of likely N-dealkylation sites (N-methyl/N-ethyl adjacent to an activating group) is 1. The van der Waals surface area contributed by atoms with E-state index in [0.717, 1.165) is 6.42 Å². The molecular formula is C10H22N2O. The maximum Gasteiger partial charge on any atom is 0.239 e. The molecule has 0 saturated heterocycles. The van der Waals surface area contributed by atoms with E-state index < -0.39 is 0 Å². The lowest BCUT2D eigenvalue weighted by Crippen LogP contribution is -2.47. The van der Waals surface area contributed by atoms with Gasteiger partial charge in [-0.05, 0) is 19.3 Å². The zero-order valence-electron chi connectivity index (χ0n) is 9.37. The van der Waals surface area contributed by atoms with Gasteiger partial charge in [0, 0.05) is 13.1 Å². The van der Waals surface area contributed by atoms with Crippen LogP contribution < -0.4 is 5.73 Å². The van der Waals surface area contributed by atoms with Crippen LogP contribution in [0.3, 0.4) is 0 Å². The largest absolute Gasteiger partial charge is 0.342 e. The summed E-state index contributed by atoms with van der Waals surface area (Å²) in [6.45, 7) is 8.03. The fourth-order valence-corrected chi connectivity index (χ4v) is 1.01. The second-order valence-electron chi connectivity index (χ2n) is 3.98. The van der Waals surface area contributed by atoms with E-state index in [1.165, 1.54) is 0 Å². The molecule has 1 amide bonds. The highest BCUT2D eigenvalue weighted by Crippen LogP contribution is 2.06. The summed E-state index contributed by atoms with van der Waals surface area (Å²) < 4.78 is 0. The third-order valence-corrected chi connectivity index (χ3v) is 2.60. The summed E-state index contributed by atoms with van der Waals surface area (Å²) in [6, 6.07) is -0.0868. The van der Waals surface area contributed by atoms with Crippen molar-refractivity contribution in [1.82, 2.24) is 4.90 Å². The number of hydrogen-bond donors (Lipinski definition) is 1. The van der Waals surface area contributed by atoms with Crippen molar-refractivity contribution in [1.29, 1.82) is 0 Å². The minimum absolute atomic E-state index is 0.0457. The molecule has 0 aromatic carbocycles. The van der Waals surface area contributed by atoms with Gasteiger partial charge in [0.1, 0.15) is 0 Å². The first-order valence-electron chi connectivity index (χ1n) is 4.94. The van der Waals surface area contributed by atoms with Crippen molar-refractivity contribution in [2.75, 3.05) is 7.05 Å². The first-order valence-corrected chi connectivity index (χ1v) is 4.94. The van der Waals surface area contributed by atoms with E-state index in [1.54, 1.807) is 4.90 Å². The van der Waals surface area contributed by atoms with Gasteiger partial charge in [-0.25, -0.2) is 0 Å². The van der Waals surface area contributed by atoms with Gasteiger partial charge in [-0.15, -0.1) is 0 Å². The Morgan fingerprint density at radius 2 is 1.85 bits per heavy atom.